The van der Waals surface area contributed by atoms with Crippen molar-refractivity contribution in [1.29, 1.82) is 0 Å². The first-order valence-corrected chi connectivity index (χ1v) is 13.8. The number of benzene rings is 1. The Balaban J connectivity index is 3.62. The summed E-state index contributed by atoms with van der Waals surface area (Å²) in [5, 5.41) is 5.96. The molecule has 210 valence electrons. The molecule has 3 amide bonds. The number of ether oxygens (including phenoxy) is 1. The average molecular weight is 518 g/mol. The number of amides is 3. The summed E-state index contributed by atoms with van der Waals surface area (Å²) in [6.07, 6.45) is 2.24. The summed E-state index contributed by atoms with van der Waals surface area (Å²) < 4.78 is 5.47. The summed E-state index contributed by atoms with van der Waals surface area (Å²) in [6.45, 7) is 21.4. The zero-order valence-electron chi connectivity index (χ0n) is 25.0. The van der Waals surface area contributed by atoms with E-state index in [1.807, 2.05) is 66.7 Å². The van der Waals surface area contributed by atoms with E-state index in [4.69, 9.17) is 4.74 Å². The van der Waals surface area contributed by atoms with Gasteiger partial charge in [-0.1, -0.05) is 52.3 Å². The highest BCUT2D eigenvalue weighted by molar-refractivity contribution is 5.92. The minimum Gasteiger partial charge on any atom is -0.444 e. The van der Waals surface area contributed by atoms with Gasteiger partial charge < -0.3 is 20.3 Å². The monoisotopic (exact) mass is 517 g/mol. The van der Waals surface area contributed by atoms with Crippen molar-refractivity contribution in [3.8, 4) is 0 Å². The fourth-order valence-electron chi connectivity index (χ4n) is 4.43. The van der Waals surface area contributed by atoms with Crippen LogP contribution in [0.1, 0.15) is 111 Å². The molecule has 0 aliphatic heterocycles. The molecule has 0 aliphatic rings. The number of rotatable bonds is 12. The lowest BCUT2D eigenvalue weighted by Crippen LogP contribution is -2.56. The normalized spacial score (nSPS) is 14.9. The maximum absolute atomic E-state index is 14.3. The highest BCUT2D eigenvalue weighted by Gasteiger charge is 2.39. The van der Waals surface area contributed by atoms with Crippen LogP contribution in [0.2, 0.25) is 0 Å². The van der Waals surface area contributed by atoms with E-state index >= 15 is 0 Å². The summed E-state index contributed by atoms with van der Waals surface area (Å²) in [7, 11) is 0. The van der Waals surface area contributed by atoms with Crippen LogP contribution < -0.4 is 10.6 Å². The van der Waals surface area contributed by atoms with Gasteiger partial charge in [-0.05, 0) is 90.3 Å². The molecule has 0 radical (unpaired) electrons. The largest absolute Gasteiger partial charge is 0.444 e. The molecule has 7 nitrogen and oxygen atoms in total. The molecule has 0 aromatic heterocycles. The van der Waals surface area contributed by atoms with Gasteiger partial charge in [0.1, 0.15) is 17.7 Å². The van der Waals surface area contributed by atoms with Gasteiger partial charge in [0.15, 0.2) is 0 Å². The van der Waals surface area contributed by atoms with E-state index in [2.05, 4.69) is 17.6 Å². The summed E-state index contributed by atoms with van der Waals surface area (Å²) in [5.74, 6) is -0.345. The highest BCUT2D eigenvalue weighted by atomic mass is 16.6. The van der Waals surface area contributed by atoms with Crippen LogP contribution in [0.15, 0.2) is 18.2 Å². The highest BCUT2D eigenvalue weighted by Crippen LogP contribution is 2.30. The minimum absolute atomic E-state index is 0.0228. The van der Waals surface area contributed by atoms with E-state index < -0.39 is 23.8 Å². The molecule has 2 N–H and O–H groups in total. The van der Waals surface area contributed by atoms with Crippen LogP contribution in [-0.2, 0) is 14.3 Å². The van der Waals surface area contributed by atoms with Gasteiger partial charge in [0.2, 0.25) is 11.8 Å². The second kappa shape index (κ2) is 14.4. The lowest BCUT2D eigenvalue weighted by atomic mass is 9.92. The number of carbonyl (C=O) groups excluding carboxylic acids is 3. The fourth-order valence-corrected chi connectivity index (χ4v) is 4.43. The molecule has 1 aromatic carbocycles. The number of carbonyl (C=O) groups is 3. The Morgan fingerprint density at radius 2 is 1.62 bits per heavy atom. The average Bonchev–Trinajstić information content (AvgIpc) is 2.76. The SMILES string of the molecule is CCCC(C)NC(=O)C(c1cccc(C)c1C)N(C(=O)C(CC(C)C)NC(=O)OC(C)(C)C)C(C)CC. The van der Waals surface area contributed by atoms with Gasteiger partial charge in [-0.3, -0.25) is 9.59 Å². The zero-order chi connectivity index (χ0) is 28.5. The maximum atomic E-state index is 14.3. The van der Waals surface area contributed by atoms with Crippen molar-refractivity contribution in [3.63, 3.8) is 0 Å². The van der Waals surface area contributed by atoms with Gasteiger partial charge >= 0.3 is 6.09 Å². The van der Waals surface area contributed by atoms with Gasteiger partial charge in [-0.25, -0.2) is 4.79 Å². The lowest BCUT2D eigenvalue weighted by Gasteiger charge is -2.39. The Bertz CT molecular complexity index is 907. The maximum Gasteiger partial charge on any atom is 0.408 e. The van der Waals surface area contributed by atoms with Gasteiger partial charge in [0.25, 0.3) is 0 Å². The first kappa shape index (κ1) is 32.5. The van der Waals surface area contributed by atoms with Crippen LogP contribution >= 0.6 is 0 Å². The number of nitrogens with zero attached hydrogens (tertiary/aromatic N) is 1. The van der Waals surface area contributed by atoms with Crippen LogP contribution in [0, 0.1) is 19.8 Å². The fraction of sp³-hybridized carbons (Fsp3) is 0.700. The molecular formula is C30H51N3O4. The Kier molecular flexibility index (Phi) is 12.6. The molecule has 0 saturated heterocycles. The molecule has 0 saturated carbocycles. The molecule has 37 heavy (non-hydrogen) atoms. The van der Waals surface area contributed by atoms with Crippen LogP contribution in [-0.4, -0.2) is 46.5 Å². The van der Waals surface area contributed by atoms with E-state index in [1.54, 1.807) is 25.7 Å². The van der Waals surface area contributed by atoms with Crippen molar-refractivity contribution < 1.29 is 19.1 Å². The van der Waals surface area contributed by atoms with Crippen LogP contribution in [0.4, 0.5) is 4.79 Å². The molecule has 0 fully saturated rings. The van der Waals surface area contributed by atoms with Crippen LogP contribution in [0.5, 0.6) is 0 Å². The standard InChI is InChI=1S/C30H51N3O4/c1-12-15-21(6)31-27(34)26(24-17-14-16-20(5)23(24)8)33(22(7)13-2)28(35)25(18-19(3)4)32-29(36)37-30(9,10)11/h14,16-17,19,21-22,25-26H,12-13,15,18H2,1-11H3,(H,31,34)(H,32,36). The van der Waals surface area contributed by atoms with E-state index in [9.17, 15) is 14.4 Å². The van der Waals surface area contributed by atoms with Crippen molar-refractivity contribution in [3.05, 3.63) is 34.9 Å². The number of nitrogens with one attached hydrogen (secondary N) is 2. The predicted octanol–water partition coefficient (Wildman–Crippen LogP) is 6.22. The summed E-state index contributed by atoms with van der Waals surface area (Å²) in [5.41, 5.74) is 2.14. The van der Waals surface area contributed by atoms with Gasteiger partial charge in [-0.2, -0.15) is 0 Å². The third-order valence-electron chi connectivity index (χ3n) is 6.59. The molecule has 0 aliphatic carbocycles. The van der Waals surface area contributed by atoms with Crippen LogP contribution in [0.3, 0.4) is 0 Å². The molecule has 0 bridgehead atoms. The molecule has 4 atom stereocenters. The van der Waals surface area contributed by atoms with Crippen LogP contribution in [0.25, 0.3) is 0 Å². The molecule has 0 spiro atoms. The van der Waals surface area contributed by atoms with Crippen molar-refractivity contribution >= 4 is 17.9 Å². The van der Waals surface area contributed by atoms with Crippen molar-refractivity contribution in [2.24, 2.45) is 5.92 Å². The molecule has 1 rings (SSSR count). The number of alkyl carbamates (subject to hydrolysis) is 1. The molecule has 7 heteroatoms. The number of hydrogen-bond donors (Lipinski definition) is 2. The van der Waals surface area contributed by atoms with E-state index in [0.717, 1.165) is 29.5 Å². The van der Waals surface area contributed by atoms with Gasteiger partial charge in [-0.15, -0.1) is 0 Å². The van der Waals surface area contributed by atoms with Crippen molar-refractivity contribution in [2.45, 2.75) is 132 Å². The van der Waals surface area contributed by atoms with Gasteiger partial charge in [0, 0.05) is 12.1 Å². The number of hydrogen-bond acceptors (Lipinski definition) is 4. The molecular weight excluding hydrogens is 466 g/mol. The second-order valence-electron chi connectivity index (χ2n) is 11.7. The predicted molar refractivity (Wildman–Crippen MR) is 150 cm³/mol. The Hall–Kier alpha value is -2.57. The Morgan fingerprint density at radius 1 is 1.00 bits per heavy atom. The smallest absolute Gasteiger partial charge is 0.408 e. The number of aryl methyl sites for hydroxylation is 1. The third kappa shape index (κ3) is 10.0. The van der Waals surface area contributed by atoms with E-state index in [-0.39, 0.29) is 29.8 Å². The van der Waals surface area contributed by atoms with Crippen molar-refractivity contribution in [2.75, 3.05) is 0 Å². The third-order valence-corrected chi connectivity index (χ3v) is 6.59. The van der Waals surface area contributed by atoms with Crippen molar-refractivity contribution in [1.82, 2.24) is 15.5 Å². The lowest BCUT2D eigenvalue weighted by molar-refractivity contribution is -0.145. The molecule has 0 heterocycles. The second-order valence-corrected chi connectivity index (χ2v) is 11.7. The quantitative estimate of drug-likeness (QED) is 0.345. The summed E-state index contributed by atoms with van der Waals surface area (Å²) in [4.78, 5) is 42.6. The Morgan fingerprint density at radius 3 is 2.14 bits per heavy atom. The zero-order valence-corrected chi connectivity index (χ0v) is 25.0. The Labute approximate surface area is 225 Å². The first-order valence-electron chi connectivity index (χ1n) is 13.8. The topological polar surface area (TPSA) is 87.7 Å². The van der Waals surface area contributed by atoms with E-state index in [0.29, 0.717) is 12.8 Å². The van der Waals surface area contributed by atoms with E-state index in [1.165, 1.54) is 0 Å². The minimum atomic E-state index is -0.822. The first-order chi connectivity index (χ1) is 17.1. The van der Waals surface area contributed by atoms with Gasteiger partial charge in [0.05, 0.1) is 0 Å². The molecule has 1 aromatic rings. The molecule has 4 unspecified atom stereocenters. The summed E-state index contributed by atoms with van der Waals surface area (Å²) in [6, 6.07) is 3.96. The summed E-state index contributed by atoms with van der Waals surface area (Å²) >= 11 is 0.